The summed E-state index contributed by atoms with van der Waals surface area (Å²) in [6.07, 6.45) is 0. The summed E-state index contributed by atoms with van der Waals surface area (Å²) in [6.45, 7) is 7.92. The first-order valence-corrected chi connectivity index (χ1v) is 5.14. The highest BCUT2D eigenvalue weighted by molar-refractivity contribution is 5.27. The van der Waals surface area contributed by atoms with Gasteiger partial charge in [0, 0.05) is 26.2 Å². The predicted octanol–water partition coefficient (Wildman–Crippen LogP) is 0.603. The Morgan fingerprint density at radius 1 is 1.43 bits per heavy atom. The minimum Gasteiger partial charge on any atom is -0.339 e. The van der Waals surface area contributed by atoms with Crippen LogP contribution in [0.25, 0.3) is 0 Å². The van der Waals surface area contributed by atoms with Crippen LogP contribution in [0.4, 0.5) is 5.95 Å². The van der Waals surface area contributed by atoms with Crippen LogP contribution in [0.2, 0.25) is 0 Å². The number of rotatable bonds is 4. The molecule has 0 spiro atoms. The Labute approximate surface area is 83.5 Å². The van der Waals surface area contributed by atoms with Gasteiger partial charge in [0.1, 0.15) is 0 Å². The van der Waals surface area contributed by atoms with Crippen molar-refractivity contribution in [1.29, 1.82) is 0 Å². The van der Waals surface area contributed by atoms with Gasteiger partial charge < -0.3 is 14.7 Å². The summed E-state index contributed by atoms with van der Waals surface area (Å²) < 4.78 is 5.21. The first kappa shape index (κ1) is 9.45. The zero-order valence-corrected chi connectivity index (χ0v) is 8.66. The van der Waals surface area contributed by atoms with Crippen molar-refractivity contribution < 1.29 is 4.52 Å². The van der Waals surface area contributed by atoms with Gasteiger partial charge in [0.05, 0.1) is 5.92 Å². The molecular formula is C9H16N4O. The van der Waals surface area contributed by atoms with Gasteiger partial charge in [-0.25, -0.2) is 0 Å². The summed E-state index contributed by atoms with van der Waals surface area (Å²) in [5.74, 6) is 1.91. The molecule has 78 valence electrons. The molecule has 1 fully saturated rings. The van der Waals surface area contributed by atoms with E-state index in [1.54, 1.807) is 0 Å². The smallest absolute Gasteiger partial charge is 0.266 e. The van der Waals surface area contributed by atoms with Gasteiger partial charge in [0.15, 0.2) is 0 Å². The van der Waals surface area contributed by atoms with E-state index in [2.05, 4.69) is 34.2 Å². The van der Waals surface area contributed by atoms with Crippen molar-refractivity contribution in [3.8, 4) is 0 Å². The van der Waals surface area contributed by atoms with Crippen molar-refractivity contribution in [2.24, 2.45) is 0 Å². The van der Waals surface area contributed by atoms with Gasteiger partial charge in [-0.15, -0.1) is 0 Å². The van der Waals surface area contributed by atoms with Gasteiger partial charge in [-0.2, -0.15) is 4.98 Å². The van der Waals surface area contributed by atoms with E-state index in [1.165, 1.54) is 0 Å². The lowest BCUT2D eigenvalue weighted by molar-refractivity contribution is 0.308. The van der Waals surface area contributed by atoms with E-state index < -0.39 is 0 Å². The van der Waals surface area contributed by atoms with Crippen molar-refractivity contribution in [2.45, 2.75) is 19.8 Å². The number of aromatic nitrogens is 2. The Hall–Kier alpha value is -1.10. The van der Waals surface area contributed by atoms with E-state index in [9.17, 15) is 0 Å². The summed E-state index contributed by atoms with van der Waals surface area (Å²) in [7, 11) is 0. The lowest BCUT2D eigenvalue weighted by Gasteiger charge is -2.22. The molecule has 1 aromatic rings. The number of nitrogens with one attached hydrogen (secondary N) is 1. The molecule has 0 aliphatic carbocycles. The maximum atomic E-state index is 5.21. The molecule has 1 saturated heterocycles. The van der Waals surface area contributed by atoms with Crippen LogP contribution in [0, 0.1) is 0 Å². The second-order valence-electron chi connectivity index (χ2n) is 3.46. The molecule has 1 aliphatic heterocycles. The van der Waals surface area contributed by atoms with E-state index >= 15 is 0 Å². The third kappa shape index (κ3) is 1.59. The van der Waals surface area contributed by atoms with Gasteiger partial charge in [0.2, 0.25) is 5.89 Å². The number of anilines is 1. The molecule has 1 aliphatic rings. The van der Waals surface area contributed by atoms with E-state index in [4.69, 9.17) is 4.52 Å². The van der Waals surface area contributed by atoms with Crippen LogP contribution >= 0.6 is 0 Å². The molecule has 0 atom stereocenters. The molecule has 5 nitrogen and oxygen atoms in total. The topological polar surface area (TPSA) is 54.2 Å². The van der Waals surface area contributed by atoms with Crippen LogP contribution in [0.1, 0.15) is 25.7 Å². The number of nitrogens with zero attached hydrogens (tertiary/aromatic N) is 3. The molecular weight excluding hydrogens is 180 g/mol. The third-order valence-electron chi connectivity index (χ3n) is 2.61. The standard InChI is InChI=1S/C9H16N4O/c1-3-13(4-2)9-11-8(14-12-9)7-5-10-6-7/h7,10H,3-6H2,1-2H3. The number of hydrogen-bond donors (Lipinski definition) is 1. The highest BCUT2D eigenvalue weighted by Crippen LogP contribution is 2.20. The Kier molecular flexibility index (Phi) is 2.67. The molecule has 0 radical (unpaired) electrons. The maximum absolute atomic E-state index is 5.21. The van der Waals surface area contributed by atoms with E-state index in [1.807, 2.05) is 0 Å². The van der Waals surface area contributed by atoms with Crippen LogP contribution in [0.15, 0.2) is 4.52 Å². The lowest BCUT2D eigenvalue weighted by Crippen LogP contribution is -2.40. The predicted molar refractivity (Wildman–Crippen MR) is 53.5 cm³/mol. The van der Waals surface area contributed by atoms with Gasteiger partial charge in [-0.1, -0.05) is 0 Å². The molecule has 1 aromatic heterocycles. The van der Waals surface area contributed by atoms with Crippen LogP contribution in [0.3, 0.4) is 0 Å². The second-order valence-corrected chi connectivity index (χ2v) is 3.46. The second kappa shape index (κ2) is 3.96. The largest absolute Gasteiger partial charge is 0.339 e. The summed E-state index contributed by atoms with van der Waals surface area (Å²) in [4.78, 5) is 6.46. The first-order valence-electron chi connectivity index (χ1n) is 5.14. The SMILES string of the molecule is CCN(CC)c1noc(C2CNC2)n1. The van der Waals surface area contributed by atoms with Crippen molar-refractivity contribution in [3.05, 3.63) is 5.89 Å². The summed E-state index contributed by atoms with van der Waals surface area (Å²) in [5.41, 5.74) is 0. The van der Waals surface area contributed by atoms with Gasteiger partial charge in [-0.3, -0.25) is 0 Å². The molecule has 5 heteroatoms. The number of hydrogen-bond acceptors (Lipinski definition) is 5. The molecule has 2 heterocycles. The van der Waals surface area contributed by atoms with E-state index in [0.717, 1.165) is 38.0 Å². The zero-order valence-electron chi connectivity index (χ0n) is 8.66. The van der Waals surface area contributed by atoms with Gasteiger partial charge in [0.25, 0.3) is 5.95 Å². The van der Waals surface area contributed by atoms with Crippen LogP contribution in [-0.4, -0.2) is 36.3 Å². The van der Waals surface area contributed by atoms with Crippen molar-refractivity contribution >= 4 is 5.95 Å². The molecule has 0 aromatic carbocycles. The fraction of sp³-hybridized carbons (Fsp3) is 0.778. The first-order chi connectivity index (χ1) is 6.85. The summed E-state index contributed by atoms with van der Waals surface area (Å²) in [5, 5.41) is 7.16. The van der Waals surface area contributed by atoms with E-state index in [0.29, 0.717) is 5.92 Å². The lowest BCUT2D eigenvalue weighted by atomic mass is 10.0. The third-order valence-corrected chi connectivity index (χ3v) is 2.61. The van der Waals surface area contributed by atoms with Crippen molar-refractivity contribution in [3.63, 3.8) is 0 Å². The summed E-state index contributed by atoms with van der Waals surface area (Å²) >= 11 is 0. The Bertz CT molecular complexity index is 291. The summed E-state index contributed by atoms with van der Waals surface area (Å²) in [6, 6.07) is 0. The Balaban J connectivity index is 2.07. The van der Waals surface area contributed by atoms with Crippen LogP contribution in [-0.2, 0) is 0 Å². The highest BCUT2D eigenvalue weighted by Gasteiger charge is 2.25. The molecule has 2 rings (SSSR count). The molecule has 0 bridgehead atoms. The highest BCUT2D eigenvalue weighted by atomic mass is 16.5. The maximum Gasteiger partial charge on any atom is 0.266 e. The average Bonchev–Trinajstić information content (AvgIpc) is 2.53. The Morgan fingerprint density at radius 3 is 2.64 bits per heavy atom. The van der Waals surface area contributed by atoms with Gasteiger partial charge >= 0.3 is 0 Å². The molecule has 0 unspecified atom stereocenters. The molecule has 0 amide bonds. The Morgan fingerprint density at radius 2 is 2.14 bits per heavy atom. The normalized spacial score (nSPS) is 16.7. The van der Waals surface area contributed by atoms with Crippen LogP contribution in [0.5, 0.6) is 0 Å². The van der Waals surface area contributed by atoms with Crippen LogP contribution < -0.4 is 10.2 Å². The van der Waals surface area contributed by atoms with Gasteiger partial charge in [-0.05, 0) is 19.0 Å². The van der Waals surface area contributed by atoms with Crippen molar-refractivity contribution in [1.82, 2.24) is 15.5 Å². The minimum absolute atomic E-state index is 0.423. The molecule has 14 heavy (non-hydrogen) atoms. The minimum atomic E-state index is 0.423. The fourth-order valence-electron chi connectivity index (χ4n) is 1.49. The van der Waals surface area contributed by atoms with Crippen molar-refractivity contribution in [2.75, 3.05) is 31.1 Å². The average molecular weight is 196 g/mol. The molecule has 0 saturated carbocycles. The monoisotopic (exact) mass is 196 g/mol. The van der Waals surface area contributed by atoms with E-state index in [-0.39, 0.29) is 0 Å². The molecule has 1 N–H and O–H groups in total. The quantitative estimate of drug-likeness (QED) is 0.764. The fourth-order valence-corrected chi connectivity index (χ4v) is 1.49. The zero-order chi connectivity index (χ0) is 9.97.